The van der Waals surface area contributed by atoms with Crippen LogP contribution in [0.25, 0.3) is 0 Å². The molecule has 0 aliphatic carbocycles. The second-order valence-corrected chi connectivity index (χ2v) is 8.90. The maximum absolute atomic E-state index is 14.4. The normalized spacial score (nSPS) is 17.8. The van der Waals surface area contributed by atoms with Crippen LogP contribution in [0.2, 0.25) is 0 Å². The van der Waals surface area contributed by atoms with Gasteiger partial charge in [-0.2, -0.15) is 5.10 Å². The number of amides is 1. The molecule has 7 nitrogen and oxygen atoms in total. The van der Waals surface area contributed by atoms with Crippen molar-refractivity contribution >= 4 is 6.09 Å². The molecule has 1 aromatic heterocycles. The van der Waals surface area contributed by atoms with Crippen molar-refractivity contribution in [2.24, 2.45) is 0 Å². The third-order valence-electron chi connectivity index (χ3n) is 5.05. The van der Waals surface area contributed by atoms with E-state index in [0.717, 1.165) is 17.8 Å². The molecule has 0 bridgehead atoms. The van der Waals surface area contributed by atoms with Gasteiger partial charge in [0.05, 0.1) is 30.9 Å². The molecule has 2 aromatic rings. The molecule has 0 unspecified atom stereocenters. The second-order valence-electron chi connectivity index (χ2n) is 8.90. The van der Waals surface area contributed by atoms with Gasteiger partial charge in [0.15, 0.2) is 0 Å². The second kappa shape index (κ2) is 9.79. The molecule has 0 saturated heterocycles. The Hall–Kier alpha value is -3.12. The molecule has 1 aromatic carbocycles. The summed E-state index contributed by atoms with van der Waals surface area (Å²) in [5.41, 5.74) is 0.531. The Labute approximate surface area is 192 Å². The van der Waals surface area contributed by atoms with Crippen molar-refractivity contribution in [3.63, 3.8) is 0 Å². The van der Waals surface area contributed by atoms with Crippen molar-refractivity contribution in [3.8, 4) is 17.6 Å². The fraction of sp³-hybridized carbons (Fsp3) is 0.500. The van der Waals surface area contributed by atoms with Crippen LogP contribution < -0.4 is 4.74 Å². The van der Waals surface area contributed by atoms with Crippen LogP contribution in [0.1, 0.15) is 57.6 Å². The Morgan fingerprint density at radius 2 is 1.91 bits per heavy atom. The van der Waals surface area contributed by atoms with Gasteiger partial charge in [-0.15, -0.1) is 0 Å². The predicted octanol–water partition coefficient (Wildman–Crippen LogP) is 4.29. The number of methoxy groups -OCH3 is 1. The molecule has 1 aliphatic rings. The lowest BCUT2D eigenvalue weighted by atomic mass is 10.1. The summed E-state index contributed by atoms with van der Waals surface area (Å²) < 4.78 is 45.7. The van der Waals surface area contributed by atoms with E-state index in [4.69, 9.17) is 14.2 Å². The zero-order chi connectivity index (χ0) is 24.3. The van der Waals surface area contributed by atoms with Crippen LogP contribution in [0.5, 0.6) is 5.75 Å². The van der Waals surface area contributed by atoms with E-state index in [2.05, 4.69) is 16.9 Å². The van der Waals surface area contributed by atoms with E-state index in [0.29, 0.717) is 12.2 Å². The number of hydrogen-bond donors (Lipinski definition) is 0. The van der Waals surface area contributed by atoms with Crippen molar-refractivity contribution in [1.29, 1.82) is 0 Å². The quantitative estimate of drug-likeness (QED) is 0.502. The third kappa shape index (κ3) is 5.82. The molecule has 1 amide bonds. The number of aromatic nitrogens is 2. The lowest BCUT2D eigenvalue weighted by Gasteiger charge is -2.39. The zero-order valence-electron chi connectivity index (χ0n) is 19.7. The van der Waals surface area contributed by atoms with Crippen LogP contribution in [0, 0.1) is 23.5 Å². The molecule has 0 saturated carbocycles. The first-order valence-electron chi connectivity index (χ1n) is 10.7. The van der Waals surface area contributed by atoms with Gasteiger partial charge in [0.1, 0.15) is 40.8 Å². The van der Waals surface area contributed by atoms with Crippen molar-refractivity contribution < 1.29 is 27.8 Å². The van der Waals surface area contributed by atoms with Crippen molar-refractivity contribution in [2.75, 3.05) is 20.3 Å². The van der Waals surface area contributed by atoms with Crippen LogP contribution in [0.4, 0.5) is 13.6 Å². The highest BCUT2D eigenvalue weighted by Crippen LogP contribution is 2.31. The fourth-order valence-electron chi connectivity index (χ4n) is 3.64. The zero-order valence-corrected chi connectivity index (χ0v) is 19.7. The first-order chi connectivity index (χ1) is 15.5. The number of rotatable bonds is 4. The van der Waals surface area contributed by atoms with Gasteiger partial charge in [-0.3, -0.25) is 9.58 Å². The van der Waals surface area contributed by atoms with Gasteiger partial charge in [0, 0.05) is 19.2 Å². The van der Waals surface area contributed by atoms with E-state index in [9.17, 15) is 13.6 Å². The summed E-state index contributed by atoms with van der Waals surface area (Å²) in [6, 6.07) is 3.17. The molecule has 2 atom stereocenters. The lowest BCUT2D eigenvalue weighted by molar-refractivity contribution is -0.000309. The summed E-state index contributed by atoms with van der Waals surface area (Å²) in [7, 11) is 1.50. The molecule has 1 aliphatic heterocycles. The standard InChI is InChI=1S/C24H29F2N3O4/c1-15-14-28-21(16(2)29(15)23(30)33-24(3,4)5)13-18(27-28)7-8-19-20(26)11-17(25)12-22(19)32-10-9-31-6/h11-13,15-16H,9-10,14H2,1-6H3/t15-,16+/m1/s1. The average Bonchev–Trinajstić information content (AvgIpc) is 3.09. The summed E-state index contributed by atoms with van der Waals surface area (Å²) in [5, 5.41) is 4.49. The number of nitrogens with zero attached hydrogens (tertiary/aromatic N) is 3. The summed E-state index contributed by atoms with van der Waals surface area (Å²) in [4.78, 5) is 14.4. The molecule has 0 radical (unpaired) electrons. The van der Waals surface area contributed by atoms with Crippen molar-refractivity contribution in [3.05, 3.63) is 46.8 Å². The largest absolute Gasteiger partial charge is 0.490 e. The monoisotopic (exact) mass is 461 g/mol. The van der Waals surface area contributed by atoms with Gasteiger partial charge >= 0.3 is 6.09 Å². The summed E-state index contributed by atoms with van der Waals surface area (Å²) >= 11 is 0. The minimum absolute atomic E-state index is 0.000821. The molecular formula is C24H29F2N3O4. The van der Waals surface area contributed by atoms with Gasteiger partial charge in [-0.25, -0.2) is 13.6 Å². The number of hydrogen-bond acceptors (Lipinski definition) is 5. The number of carbonyl (C=O) groups is 1. The molecule has 178 valence electrons. The number of fused-ring (bicyclic) bond motifs is 1. The van der Waals surface area contributed by atoms with Crippen LogP contribution in [0.15, 0.2) is 18.2 Å². The maximum atomic E-state index is 14.4. The van der Waals surface area contributed by atoms with E-state index in [1.54, 1.807) is 15.6 Å². The van der Waals surface area contributed by atoms with E-state index in [1.165, 1.54) is 7.11 Å². The molecule has 33 heavy (non-hydrogen) atoms. The van der Waals surface area contributed by atoms with E-state index < -0.39 is 23.3 Å². The fourth-order valence-corrected chi connectivity index (χ4v) is 3.64. The minimum atomic E-state index is -0.822. The van der Waals surface area contributed by atoms with Crippen molar-refractivity contribution in [1.82, 2.24) is 14.7 Å². The molecular weight excluding hydrogens is 432 g/mol. The molecule has 9 heteroatoms. The Balaban J connectivity index is 1.88. The average molecular weight is 462 g/mol. The molecule has 3 rings (SSSR count). The summed E-state index contributed by atoms with van der Waals surface area (Å²) in [6.07, 6.45) is -0.395. The highest BCUT2D eigenvalue weighted by molar-refractivity contribution is 5.69. The van der Waals surface area contributed by atoms with Crippen LogP contribution in [-0.4, -0.2) is 52.7 Å². The molecule has 0 spiro atoms. The van der Waals surface area contributed by atoms with Crippen molar-refractivity contribution in [2.45, 2.75) is 58.8 Å². The van der Waals surface area contributed by atoms with E-state index >= 15 is 0 Å². The highest BCUT2D eigenvalue weighted by atomic mass is 19.1. The van der Waals surface area contributed by atoms with Crippen LogP contribution in [-0.2, 0) is 16.0 Å². The third-order valence-corrected chi connectivity index (χ3v) is 5.05. The van der Waals surface area contributed by atoms with Gasteiger partial charge < -0.3 is 14.2 Å². The molecule has 2 heterocycles. The Morgan fingerprint density at radius 1 is 1.18 bits per heavy atom. The van der Waals surface area contributed by atoms with Gasteiger partial charge in [0.25, 0.3) is 0 Å². The number of halogens is 2. The van der Waals surface area contributed by atoms with Gasteiger partial charge in [-0.05, 0) is 46.6 Å². The maximum Gasteiger partial charge on any atom is 0.411 e. The first kappa shape index (κ1) is 24.5. The molecule has 0 N–H and O–H groups in total. The van der Waals surface area contributed by atoms with E-state index in [-0.39, 0.29) is 36.6 Å². The van der Waals surface area contributed by atoms with Crippen LogP contribution >= 0.6 is 0 Å². The smallest absolute Gasteiger partial charge is 0.411 e. The SMILES string of the molecule is COCCOc1cc(F)cc(F)c1C#Cc1cc2n(n1)C[C@@H](C)N(C(=O)OC(C)(C)C)[C@H]2C. The molecule has 0 fully saturated rings. The van der Waals surface area contributed by atoms with Gasteiger partial charge in [0.2, 0.25) is 0 Å². The number of benzene rings is 1. The van der Waals surface area contributed by atoms with Gasteiger partial charge in [-0.1, -0.05) is 5.92 Å². The highest BCUT2D eigenvalue weighted by Gasteiger charge is 2.36. The Morgan fingerprint density at radius 3 is 2.58 bits per heavy atom. The summed E-state index contributed by atoms with van der Waals surface area (Å²) in [6.45, 7) is 10.2. The summed E-state index contributed by atoms with van der Waals surface area (Å²) in [5.74, 6) is 3.97. The minimum Gasteiger partial charge on any atom is -0.490 e. The van der Waals surface area contributed by atoms with Crippen LogP contribution in [0.3, 0.4) is 0 Å². The number of ether oxygens (including phenoxy) is 3. The Bertz CT molecular complexity index is 1080. The predicted molar refractivity (Wildman–Crippen MR) is 118 cm³/mol. The van der Waals surface area contributed by atoms with E-state index in [1.807, 2.05) is 34.6 Å². The lowest BCUT2D eigenvalue weighted by Crippen LogP contribution is -2.48. The number of carbonyl (C=O) groups excluding carboxylic acids is 1. The first-order valence-corrected chi connectivity index (χ1v) is 10.7. The Kier molecular flexibility index (Phi) is 7.28. The topological polar surface area (TPSA) is 65.8 Å².